The van der Waals surface area contributed by atoms with Crippen LogP contribution in [0.15, 0.2) is 18.2 Å². The largest absolute Gasteiger partial charge is 0.493 e. The molecule has 21 heavy (non-hydrogen) atoms. The number of anilines is 1. The maximum absolute atomic E-state index is 10.8. The molecule has 0 bridgehead atoms. The average Bonchev–Trinajstić information content (AvgIpc) is 2.46. The zero-order valence-electron chi connectivity index (χ0n) is 12.3. The first-order chi connectivity index (χ1) is 10.1. The molecular formula is C14H22N4O3. The number of nitro groups is 1. The van der Waals surface area contributed by atoms with Crippen LogP contribution in [-0.2, 0) is 0 Å². The van der Waals surface area contributed by atoms with Crippen molar-refractivity contribution in [2.24, 2.45) is 0 Å². The van der Waals surface area contributed by atoms with E-state index >= 15 is 0 Å². The third-order valence-corrected chi connectivity index (χ3v) is 3.68. The first-order valence-corrected chi connectivity index (χ1v) is 7.14. The Morgan fingerprint density at radius 3 is 2.71 bits per heavy atom. The lowest BCUT2D eigenvalue weighted by Crippen LogP contribution is -2.44. The summed E-state index contributed by atoms with van der Waals surface area (Å²) in [6.07, 6.45) is 0.905. The molecule has 0 spiro atoms. The van der Waals surface area contributed by atoms with E-state index in [1.807, 2.05) is 0 Å². The van der Waals surface area contributed by atoms with E-state index in [2.05, 4.69) is 16.8 Å². The van der Waals surface area contributed by atoms with Gasteiger partial charge in [0.05, 0.1) is 17.6 Å². The molecule has 7 heteroatoms. The average molecular weight is 294 g/mol. The topological polar surface area (TPSA) is 84.9 Å². The van der Waals surface area contributed by atoms with Crippen LogP contribution in [0.1, 0.15) is 6.42 Å². The van der Waals surface area contributed by atoms with Gasteiger partial charge in [-0.2, -0.15) is 0 Å². The lowest BCUT2D eigenvalue weighted by molar-refractivity contribution is -0.384. The lowest BCUT2D eigenvalue weighted by atomic mass is 10.2. The Kier molecular flexibility index (Phi) is 5.35. The van der Waals surface area contributed by atoms with Gasteiger partial charge in [0.25, 0.3) is 5.69 Å². The van der Waals surface area contributed by atoms with Crippen molar-refractivity contribution < 1.29 is 9.66 Å². The Hall–Kier alpha value is -1.86. The van der Waals surface area contributed by atoms with Gasteiger partial charge < -0.3 is 20.3 Å². The fourth-order valence-corrected chi connectivity index (χ4v) is 2.32. The molecular weight excluding hydrogens is 272 g/mol. The molecule has 0 amide bonds. The highest BCUT2D eigenvalue weighted by atomic mass is 16.6. The number of nitro benzene ring substituents is 1. The van der Waals surface area contributed by atoms with Crippen molar-refractivity contribution in [2.45, 2.75) is 6.42 Å². The fraction of sp³-hybridized carbons (Fsp3) is 0.571. The van der Waals surface area contributed by atoms with Crippen LogP contribution in [0.2, 0.25) is 0 Å². The Balaban J connectivity index is 1.73. The molecule has 7 nitrogen and oxygen atoms in total. The van der Waals surface area contributed by atoms with Gasteiger partial charge in [0.1, 0.15) is 11.4 Å². The van der Waals surface area contributed by atoms with Crippen molar-refractivity contribution in [2.75, 3.05) is 52.1 Å². The summed E-state index contributed by atoms with van der Waals surface area (Å²) in [7, 11) is 2.13. The van der Waals surface area contributed by atoms with Gasteiger partial charge >= 0.3 is 0 Å². The first-order valence-electron chi connectivity index (χ1n) is 7.14. The SMILES string of the molecule is CN1CCN(CCCOc2ccc(N)c([N+](=O)[O-])c2)CC1. The van der Waals surface area contributed by atoms with Gasteiger partial charge in [-0.1, -0.05) is 0 Å². The summed E-state index contributed by atoms with van der Waals surface area (Å²) in [5.41, 5.74) is 5.60. The van der Waals surface area contributed by atoms with Crippen molar-refractivity contribution >= 4 is 11.4 Å². The minimum absolute atomic E-state index is 0.105. The van der Waals surface area contributed by atoms with Gasteiger partial charge in [-0.25, -0.2) is 0 Å². The van der Waals surface area contributed by atoms with E-state index in [1.54, 1.807) is 6.07 Å². The standard InChI is InChI=1S/C14H22N4O3/c1-16-6-8-17(9-7-16)5-2-10-21-12-3-4-13(15)14(11-12)18(19)20/h3-4,11H,2,5-10,15H2,1H3. The molecule has 0 aliphatic carbocycles. The highest BCUT2D eigenvalue weighted by Gasteiger charge is 2.14. The quantitative estimate of drug-likeness (QED) is 0.367. The predicted molar refractivity (Wildman–Crippen MR) is 81.6 cm³/mol. The summed E-state index contributed by atoms with van der Waals surface area (Å²) in [4.78, 5) is 15.0. The molecule has 1 saturated heterocycles. The smallest absolute Gasteiger partial charge is 0.295 e. The number of hydrogen-bond donors (Lipinski definition) is 1. The van der Waals surface area contributed by atoms with Crippen molar-refractivity contribution in [1.29, 1.82) is 0 Å². The van der Waals surface area contributed by atoms with Gasteiger partial charge in [-0.15, -0.1) is 0 Å². The van der Waals surface area contributed by atoms with Crippen LogP contribution in [0.25, 0.3) is 0 Å². The van der Waals surface area contributed by atoms with Crippen molar-refractivity contribution in [3.63, 3.8) is 0 Å². The molecule has 1 aromatic carbocycles. The molecule has 2 rings (SSSR count). The van der Waals surface area contributed by atoms with E-state index in [0.29, 0.717) is 12.4 Å². The Labute approximate surface area is 124 Å². The number of ether oxygens (including phenoxy) is 1. The maximum atomic E-state index is 10.8. The second-order valence-corrected chi connectivity index (χ2v) is 5.32. The molecule has 1 heterocycles. The van der Waals surface area contributed by atoms with Crippen LogP contribution in [0.4, 0.5) is 11.4 Å². The molecule has 1 aliphatic heterocycles. The number of nitrogens with two attached hydrogens (primary N) is 1. The summed E-state index contributed by atoms with van der Waals surface area (Å²) in [5.74, 6) is 0.495. The second kappa shape index (κ2) is 7.24. The minimum atomic E-state index is -0.494. The van der Waals surface area contributed by atoms with E-state index in [1.165, 1.54) is 12.1 Å². The van der Waals surface area contributed by atoms with Crippen LogP contribution >= 0.6 is 0 Å². The van der Waals surface area contributed by atoms with Crippen LogP contribution in [0, 0.1) is 10.1 Å². The first kappa shape index (κ1) is 15.5. The fourth-order valence-electron chi connectivity index (χ4n) is 2.32. The molecule has 0 radical (unpaired) electrons. The molecule has 1 aromatic rings. The highest BCUT2D eigenvalue weighted by Crippen LogP contribution is 2.26. The number of likely N-dealkylation sites (N-methyl/N-ethyl adjacent to an activating group) is 1. The Bertz CT molecular complexity index is 487. The molecule has 0 saturated carbocycles. The number of hydrogen-bond acceptors (Lipinski definition) is 6. The third kappa shape index (κ3) is 4.57. The molecule has 0 atom stereocenters. The summed E-state index contributed by atoms with van der Waals surface area (Å²) < 4.78 is 5.57. The number of benzene rings is 1. The summed E-state index contributed by atoms with van der Waals surface area (Å²) >= 11 is 0. The monoisotopic (exact) mass is 294 g/mol. The Morgan fingerprint density at radius 2 is 2.05 bits per heavy atom. The van der Waals surface area contributed by atoms with Gasteiger partial charge in [0, 0.05) is 32.7 Å². The second-order valence-electron chi connectivity index (χ2n) is 5.32. The van der Waals surface area contributed by atoms with E-state index in [-0.39, 0.29) is 11.4 Å². The molecule has 1 fully saturated rings. The third-order valence-electron chi connectivity index (χ3n) is 3.68. The van der Waals surface area contributed by atoms with E-state index < -0.39 is 4.92 Å². The predicted octanol–water partition coefficient (Wildman–Crippen LogP) is 1.19. The normalized spacial score (nSPS) is 16.8. The molecule has 0 aromatic heterocycles. The number of nitrogen functional groups attached to an aromatic ring is 1. The van der Waals surface area contributed by atoms with Crippen molar-refractivity contribution in [1.82, 2.24) is 9.80 Å². The van der Waals surface area contributed by atoms with Crippen molar-refractivity contribution in [3.05, 3.63) is 28.3 Å². The summed E-state index contributed by atoms with van der Waals surface area (Å²) in [6.45, 7) is 5.92. The van der Waals surface area contributed by atoms with Crippen LogP contribution in [0.5, 0.6) is 5.75 Å². The molecule has 2 N–H and O–H groups in total. The van der Waals surface area contributed by atoms with Crippen LogP contribution in [-0.4, -0.2) is 61.1 Å². The molecule has 0 unspecified atom stereocenters. The summed E-state index contributed by atoms with van der Waals surface area (Å²) in [5, 5.41) is 10.8. The molecule has 1 aliphatic rings. The maximum Gasteiger partial charge on any atom is 0.295 e. The van der Waals surface area contributed by atoms with Gasteiger partial charge in [-0.05, 0) is 25.6 Å². The van der Waals surface area contributed by atoms with E-state index in [0.717, 1.165) is 39.1 Å². The minimum Gasteiger partial charge on any atom is -0.493 e. The zero-order valence-corrected chi connectivity index (χ0v) is 12.3. The van der Waals surface area contributed by atoms with Crippen LogP contribution < -0.4 is 10.5 Å². The van der Waals surface area contributed by atoms with Gasteiger partial charge in [0.15, 0.2) is 0 Å². The van der Waals surface area contributed by atoms with Crippen molar-refractivity contribution in [3.8, 4) is 5.75 Å². The van der Waals surface area contributed by atoms with Gasteiger partial charge in [0.2, 0.25) is 0 Å². The zero-order chi connectivity index (χ0) is 15.2. The van der Waals surface area contributed by atoms with E-state index in [9.17, 15) is 10.1 Å². The van der Waals surface area contributed by atoms with Gasteiger partial charge in [-0.3, -0.25) is 10.1 Å². The number of nitrogens with zero attached hydrogens (tertiary/aromatic N) is 3. The number of piperazine rings is 1. The highest BCUT2D eigenvalue weighted by molar-refractivity contribution is 5.60. The van der Waals surface area contributed by atoms with E-state index in [4.69, 9.17) is 10.5 Å². The van der Waals surface area contributed by atoms with Crippen LogP contribution in [0.3, 0.4) is 0 Å². The lowest BCUT2D eigenvalue weighted by Gasteiger charge is -2.32. The summed E-state index contributed by atoms with van der Waals surface area (Å²) in [6, 6.07) is 4.55. The molecule has 116 valence electrons. The Morgan fingerprint density at radius 1 is 1.33 bits per heavy atom. The number of rotatable bonds is 6.